The molecule has 0 spiro atoms. The zero-order valence-corrected chi connectivity index (χ0v) is 5.14. The van der Waals surface area contributed by atoms with Gasteiger partial charge in [-0.1, -0.05) is 6.08 Å². The smallest absolute Gasteiger partial charge is 0.170 e. The number of aliphatic hydroxyl groups is 2. The Bertz CT molecular complexity index is 67.1. The Labute approximate surface area is 54.2 Å². The molecular formula is C4H10ClNO2. The van der Waals surface area contributed by atoms with Crippen molar-refractivity contribution in [2.75, 3.05) is 0 Å². The molecule has 50 valence electrons. The summed E-state index contributed by atoms with van der Waals surface area (Å²) in [5, 5.41) is 16.4. The Hall–Kier alpha value is -0.0900. The van der Waals surface area contributed by atoms with Gasteiger partial charge < -0.3 is 15.9 Å². The third-order valence-corrected chi connectivity index (χ3v) is 0.616. The van der Waals surface area contributed by atoms with E-state index < -0.39 is 12.3 Å². The van der Waals surface area contributed by atoms with Crippen molar-refractivity contribution < 1.29 is 10.2 Å². The number of nitrogens with two attached hydrogens (primary N) is 1. The first-order chi connectivity index (χ1) is 3.18. The van der Waals surface area contributed by atoms with Crippen LogP contribution in [0.4, 0.5) is 0 Å². The molecule has 0 bridgehead atoms. The SMILES string of the molecule is C=C[C@H](N)C(O)O.Cl. The van der Waals surface area contributed by atoms with E-state index in [4.69, 9.17) is 15.9 Å². The van der Waals surface area contributed by atoms with Crippen LogP contribution >= 0.6 is 12.4 Å². The summed E-state index contributed by atoms with van der Waals surface area (Å²) in [6.07, 6.45) is -0.206. The summed E-state index contributed by atoms with van der Waals surface area (Å²) in [5.41, 5.74) is 5.00. The van der Waals surface area contributed by atoms with Crippen LogP contribution in [0.5, 0.6) is 0 Å². The lowest BCUT2D eigenvalue weighted by molar-refractivity contribution is -0.0475. The molecule has 0 radical (unpaired) electrons. The Morgan fingerprint density at radius 1 is 1.50 bits per heavy atom. The first-order valence-corrected chi connectivity index (χ1v) is 1.92. The van der Waals surface area contributed by atoms with Crippen LogP contribution in [0, 0.1) is 0 Å². The molecule has 0 aromatic heterocycles. The molecule has 0 amide bonds. The topological polar surface area (TPSA) is 66.5 Å². The minimum absolute atomic E-state index is 0. The second-order valence-corrected chi connectivity index (χ2v) is 1.23. The standard InChI is InChI=1S/C4H9NO2.ClH/c1-2-3(5)4(6)7;/h2-4,6-7H,1,5H2;1H/t3-;/m0./s1. The van der Waals surface area contributed by atoms with Crippen molar-refractivity contribution in [3.8, 4) is 0 Å². The maximum absolute atomic E-state index is 8.18. The van der Waals surface area contributed by atoms with E-state index in [1.54, 1.807) is 0 Å². The van der Waals surface area contributed by atoms with Gasteiger partial charge in [0, 0.05) is 0 Å². The number of hydrogen-bond acceptors (Lipinski definition) is 3. The summed E-state index contributed by atoms with van der Waals surface area (Å²) in [4.78, 5) is 0. The molecule has 0 saturated carbocycles. The van der Waals surface area contributed by atoms with Crippen LogP contribution in [0.2, 0.25) is 0 Å². The van der Waals surface area contributed by atoms with E-state index in [9.17, 15) is 0 Å². The number of aliphatic hydroxyl groups excluding tert-OH is 1. The van der Waals surface area contributed by atoms with Gasteiger partial charge in [-0.05, 0) is 0 Å². The first-order valence-electron chi connectivity index (χ1n) is 1.92. The van der Waals surface area contributed by atoms with Crippen LogP contribution in [0.1, 0.15) is 0 Å². The first kappa shape index (κ1) is 10.8. The van der Waals surface area contributed by atoms with Gasteiger partial charge in [-0.3, -0.25) is 0 Å². The van der Waals surface area contributed by atoms with Crippen LogP contribution in [0.15, 0.2) is 12.7 Å². The largest absolute Gasteiger partial charge is 0.367 e. The zero-order valence-electron chi connectivity index (χ0n) is 4.32. The molecule has 0 aliphatic heterocycles. The summed E-state index contributed by atoms with van der Waals surface area (Å²) in [6, 6.07) is -0.722. The van der Waals surface area contributed by atoms with E-state index in [0.29, 0.717) is 0 Å². The number of hydrogen-bond donors (Lipinski definition) is 3. The highest BCUT2D eigenvalue weighted by molar-refractivity contribution is 5.85. The monoisotopic (exact) mass is 139 g/mol. The predicted octanol–water partition coefficient (Wildman–Crippen LogP) is -0.768. The summed E-state index contributed by atoms with van der Waals surface area (Å²) in [6.45, 7) is 3.24. The Morgan fingerprint density at radius 3 is 1.88 bits per heavy atom. The number of halogens is 1. The quantitative estimate of drug-likeness (QED) is 0.348. The van der Waals surface area contributed by atoms with Gasteiger partial charge in [0.25, 0.3) is 0 Å². The van der Waals surface area contributed by atoms with Gasteiger partial charge in [-0.25, -0.2) is 0 Å². The third-order valence-electron chi connectivity index (χ3n) is 0.616. The Kier molecular flexibility index (Phi) is 6.83. The molecule has 0 heterocycles. The average molecular weight is 140 g/mol. The molecule has 8 heavy (non-hydrogen) atoms. The van der Waals surface area contributed by atoms with Crippen molar-refractivity contribution in [1.82, 2.24) is 0 Å². The molecule has 4 N–H and O–H groups in total. The van der Waals surface area contributed by atoms with Gasteiger partial charge in [-0.2, -0.15) is 0 Å². The molecule has 0 fully saturated rings. The fourth-order valence-electron chi connectivity index (χ4n) is 0.122. The highest BCUT2D eigenvalue weighted by Crippen LogP contribution is 1.82. The van der Waals surface area contributed by atoms with E-state index in [2.05, 4.69) is 6.58 Å². The van der Waals surface area contributed by atoms with Crippen LogP contribution < -0.4 is 5.73 Å². The van der Waals surface area contributed by atoms with Crippen molar-refractivity contribution in [3.05, 3.63) is 12.7 Å². The molecule has 0 rings (SSSR count). The fraction of sp³-hybridized carbons (Fsp3) is 0.500. The molecule has 0 aliphatic rings. The molecular weight excluding hydrogens is 130 g/mol. The Morgan fingerprint density at radius 2 is 1.88 bits per heavy atom. The zero-order chi connectivity index (χ0) is 5.86. The van der Waals surface area contributed by atoms with Gasteiger partial charge in [0.1, 0.15) is 0 Å². The normalized spacial score (nSPS) is 12.5. The lowest BCUT2D eigenvalue weighted by Gasteiger charge is -2.05. The molecule has 0 unspecified atom stereocenters. The number of rotatable bonds is 2. The van der Waals surface area contributed by atoms with Crippen molar-refractivity contribution in [3.63, 3.8) is 0 Å². The molecule has 0 saturated heterocycles. The van der Waals surface area contributed by atoms with Crippen LogP contribution in [-0.2, 0) is 0 Å². The summed E-state index contributed by atoms with van der Waals surface area (Å²) >= 11 is 0. The average Bonchev–Trinajstić information content (AvgIpc) is 1.65. The lowest BCUT2D eigenvalue weighted by Crippen LogP contribution is -2.31. The van der Waals surface area contributed by atoms with Crippen LogP contribution in [0.3, 0.4) is 0 Å². The van der Waals surface area contributed by atoms with E-state index in [1.165, 1.54) is 6.08 Å². The molecule has 4 heteroatoms. The third kappa shape index (κ3) is 4.08. The van der Waals surface area contributed by atoms with Crippen molar-refractivity contribution in [2.24, 2.45) is 5.73 Å². The molecule has 3 nitrogen and oxygen atoms in total. The predicted molar refractivity (Wildman–Crippen MR) is 33.6 cm³/mol. The van der Waals surface area contributed by atoms with Crippen molar-refractivity contribution in [1.29, 1.82) is 0 Å². The van der Waals surface area contributed by atoms with E-state index in [-0.39, 0.29) is 12.4 Å². The van der Waals surface area contributed by atoms with E-state index >= 15 is 0 Å². The highest BCUT2D eigenvalue weighted by Gasteiger charge is 2.03. The second-order valence-electron chi connectivity index (χ2n) is 1.23. The Balaban J connectivity index is 0. The van der Waals surface area contributed by atoms with Gasteiger partial charge in [0.2, 0.25) is 0 Å². The van der Waals surface area contributed by atoms with Gasteiger partial charge in [0.15, 0.2) is 6.29 Å². The maximum atomic E-state index is 8.18. The van der Waals surface area contributed by atoms with Gasteiger partial charge in [-0.15, -0.1) is 19.0 Å². The lowest BCUT2D eigenvalue weighted by atomic mass is 10.3. The van der Waals surface area contributed by atoms with Gasteiger partial charge in [0.05, 0.1) is 6.04 Å². The van der Waals surface area contributed by atoms with Crippen LogP contribution in [-0.4, -0.2) is 22.5 Å². The minimum Gasteiger partial charge on any atom is -0.367 e. The molecule has 0 aromatic carbocycles. The fourth-order valence-corrected chi connectivity index (χ4v) is 0.122. The molecule has 1 atom stereocenters. The van der Waals surface area contributed by atoms with Gasteiger partial charge >= 0.3 is 0 Å². The summed E-state index contributed by atoms with van der Waals surface area (Å²) in [5.74, 6) is 0. The summed E-state index contributed by atoms with van der Waals surface area (Å²) in [7, 11) is 0. The van der Waals surface area contributed by atoms with Crippen molar-refractivity contribution in [2.45, 2.75) is 12.3 Å². The van der Waals surface area contributed by atoms with E-state index in [0.717, 1.165) is 0 Å². The van der Waals surface area contributed by atoms with E-state index in [1.807, 2.05) is 0 Å². The highest BCUT2D eigenvalue weighted by atomic mass is 35.5. The van der Waals surface area contributed by atoms with Crippen LogP contribution in [0.25, 0.3) is 0 Å². The molecule has 0 aromatic rings. The maximum Gasteiger partial charge on any atom is 0.170 e. The summed E-state index contributed by atoms with van der Waals surface area (Å²) < 4.78 is 0. The second kappa shape index (κ2) is 5.05. The minimum atomic E-state index is -1.47. The van der Waals surface area contributed by atoms with Crippen molar-refractivity contribution >= 4 is 12.4 Å². The molecule has 0 aliphatic carbocycles.